The van der Waals surface area contributed by atoms with Gasteiger partial charge in [-0.2, -0.15) is 4.98 Å². The molecule has 1 atom stereocenters. The van der Waals surface area contributed by atoms with Crippen LogP contribution in [0.3, 0.4) is 0 Å². The van der Waals surface area contributed by atoms with Gasteiger partial charge in [0.2, 0.25) is 11.7 Å². The minimum atomic E-state index is -0.206. The van der Waals surface area contributed by atoms with Crippen molar-refractivity contribution in [1.82, 2.24) is 15.0 Å². The molecule has 150 valence electrons. The molecule has 2 heterocycles. The van der Waals surface area contributed by atoms with Crippen LogP contribution in [0.2, 0.25) is 0 Å². The molecule has 1 aliphatic rings. The first-order valence-electron chi connectivity index (χ1n) is 10.1. The van der Waals surface area contributed by atoms with Crippen LogP contribution in [-0.2, 0) is 0 Å². The van der Waals surface area contributed by atoms with Crippen molar-refractivity contribution in [3.05, 3.63) is 65.0 Å². The summed E-state index contributed by atoms with van der Waals surface area (Å²) in [6.07, 6.45) is 2.81. The highest BCUT2D eigenvalue weighted by atomic mass is 16.5. The molecule has 0 aliphatic carbocycles. The number of nitrogens with one attached hydrogen (secondary N) is 1. The van der Waals surface area contributed by atoms with Gasteiger partial charge in [-0.15, -0.1) is 0 Å². The van der Waals surface area contributed by atoms with Crippen molar-refractivity contribution < 1.29 is 9.32 Å². The van der Waals surface area contributed by atoms with E-state index < -0.39 is 0 Å². The number of piperidine rings is 1. The first-order valence-corrected chi connectivity index (χ1v) is 10.1. The summed E-state index contributed by atoms with van der Waals surface area (Å²) in [4.78, 5) is 19.4. The van der Waals surface area contributed by atoms with E-state index in [0.29, 0.717) is 18.3 Å². The molecule has 0 bridgehead atoms. The van der Waals surface area contributed by atoms with Gasteiger partial charge in [0.1, 0.15) is 6.04 Å². The van der Waals surface area contributed by atoms with E-state index in [4.69, 9.17) is 4.52 Å². The number of hydrogen-bond acceptors (Lipinski definition) is 4. The van der Waals surface area contributed by atoms with Crippen molar-refractivity contribution in [1.29, 1.82) is 0 Å². The van der Waals surface area contributed by atoms with Gasteiger partial charge in [-0.1, -0.05) is 41.1 Å². The second-order valence-corrected chi connectivity index (χ2v) is 7.76. The molecular formula is C23H26N4O2. The highest BCUT2D eigenvalue weighted by Crippen LogP contribution is 2.32. The lowest BCUT2D eigenvalue weighted by atomic mass is 10.0. The van der Waals surface area contributed by atoms with Crippen LogP contribution in [0.25, 0.3) is 11.4 Å². The van der Waals surface area contributed by atoms with Crippen molar-refractivity contribution >= 4 is 11.7 Å². The second-order valence-electron chi connectivity index (χ2n) is 7.76. The quantitative estimate of drug-likeness (QED) is 0.648. The Labute approximate surface area is 170 Å². The summed E-state index contributed by atoms with van der Waals surface area (Å²) in [6.45, 7) is 6.81. The summed E-state index contributed by atoms with van der Waals surface area (Å²) in [5.74, 6) is 1.05. The minimum Gasteiger partial charge on any atom is -0.337 e. The van der Waals surface area contributed by atoms with Gasteiger partial charge < -0.3 is 14.7 Å². The van der Waals surface area contributed by atoms with Crippen LogP contribution in [0, 0.1) is 20.8 Å². The van der Waals surface area contributed by atoms with Gasteiger partial charge in [0.25, 0.3) is 0 Å². The van der Waals surface area contributed by atoms with Crippen LogP contribution in [0.15, 0.2) is 47.0 Å². The molecule has 29 heavy (non-hydrogen) atoms. The van der Waals surface area contributed by atoms with E-state index in [-0.39, 0.29) is 12.1 Å². The van der Waals surface area contributed by atoms with Crippen molar-refractivity contribution in [2.75, 3.05) is 11.9 Å². The Bertz CT molecular complexity index is 1010. The van der Waals surface area contributed by atoms with Gasteiger partial charge in [0.15, 0.2) is 0 Å². The molecular weight excluding hydrogens is 364 g/mol. The maximum Gasteiger partial charge on any atom is 0.322 e. The van der Waals surface area contributed by atoms with E-state index >= 15 is 0 Å². The predicted molar refractivity (Wildman–Crippen MR) is 113 cm³/mol. The van der Waals surface area contributed by atoms with Crippen molar-refractivity contribution in [2.45, 2.75) is 46.1 Å². The fourth-order valence-corrected chi connectivity index (χ4v) is 3.64. The minimum absolute atomic E-state index is 0.131. The summed E-state index contributed by atoms with van der Waals surface area (Å²) in [5, 5.41) is 7.17. The highest BCUT2D eigenvalue weighted by molar-refractivity contribution is 5.89. The largest absolute Gasteiger partial charge is 0.337 e. The zero-order valence-electron chi connectivity index (χ0n) is 17.1. The SMILES string of the molecule is Cc1ccc(-c2noc(C3CCCCN3C(=O)Nc3ccc(C)c(C)c3)n2)cc1. The average Bonchev–Trinajstić information content (AvgIpc) is 3.21. The third-order valence-electron chi connectivity index (χ3n) is 5.56. The third-order valence-corrected chi connectivity index (χ3v) is 5.56. The monoisotopic (exact) mass is 390 g/mol. The Morgan fingerprint density at radius 1 is 1.07 bits per heavy atom. The number of likely N-dealkylation sites (tertiary alicyclic amines) is 1. The van der Waals surface area contributed by atoms with Crippen molar-refractivity contribution in [3.8, 4) is 11.4 Å². The molecule has 4 rings (SSSR count). The average molecular weight is 390 g/mol. The van der Waals surface area contributed by atoms with Gasteiger partial charge >= 0.3 is 6.03 Å². The van der Waals surface area contributed by atoms with Crippen LogP contribution in [-0.4, -0.2) is 27.6 Å². The van der Waals surface area contributed by atoms with Crippen LogP contribution in [0.5, 0.6) is 0 Å². The van der Waals surface area contributed by atoms with Gasteiger partial charge in [-0.05, 0) is 63.3 Å². The van der Waals surface area contributed by atoms with Gasteiger partial charge in [-0.3, -0.25) is 0 Å². The maximum absolute atomic E-state index is 13.0. The lowest BCUT2D eigenvalue weighted by Gasteiger charge is -2.33. The maximum atomic E-state index is 13.0. The lowest BCUT2D eigenvalue weighted by molar-refractivity contribution is 0.142. The summed E-state index contributed by atoms with van der Waals surface area (Å²) in [5.41, 5.74) is 5.24. The normalized spacial score (nSPS) is 16.7. The fourth-order valence-electron chi connectivity index (χ4n) is 3.64. The first-order chi connectivity index (χ1) is 14.0. The molecule has 1 aliphatic heterocycles. The number of urea groups is 1. The lowest BCUT2D eigenvalue weighted by Crippen LogP contribution is -2.41. The third kappa shape index (κ3) is 4.16. The Morgan fingerprint density at radius 3 is 2.62 bits per heavy atom. The number of aryl methyl sites for hydroxylation is 3. The molecule has 1 N–H and O–H groups in total. The highest BCUT2D eigenvalue weighted by Gasteiger charge is 2.32. The summed E-state index contributed by atoms with van der Waals surface area (Å²) in [6, 6.07) is 13.6. The molecule has 3 aromatic rings. The van der Waals surface area contributed by atoms with Crippen LogP contribution >= 0.6 is 0 Å². The smallest absolute Gasteiger partial charge is 0.322 e. The number of benzene rings is 2. The van der Waals surface area contributed by atoms with Crippen LogP contribution < -0.4 is 5.32 Å². The number of amides is 2. The number of rotatable bonds is 3. The molecule has 0 radical (unpaired) electrons. The van der Waals surface area contributed by atoms with Crippen LogP contribution in [0.4, 0.5) is 10.5 Å². The van der Waals surface area contributed by atoms with E-state index in [1.807, 2.05) is 61.2 Å². The topological polar surface area (TPSA) is 71.3 Å². The molecule has 1 unspecified atom stereocenters. The number of carbonyl (C=O) groups is 1. The molecule has 0 spiro atoms. The molecule has 2 amide bonds. The van der Waals surface area contributed by atoms with E-state index in [2.05, 4.69) is 22.4 Å². The number of carbonyl (C=O) groups excluding carboxylic acids is 1. The number of nitrogens with zero attached hydrogens (tertiary/aromatic N) is 3. The van der Waals surface area contributed by atoms with Crippen molar-refractivity contribution in [3.63, 3.8) is 0 Å². The van der Waals surface area contributed by atoms with Gasteiger partial charge in [-0.25, -0.2) is 4.79 Å². The predicted octanol–water partition coefficient (Wildman–Crippen LogP) is 5.42. The number of anilines is 1. The molecule has 2 aromatic carbocycles. The van der Waals surface area contributed by atoms with E-state index in [1.165, 1.54) is 11.1 Å². The Hall–Kier alpha value is -3.15. The van der Waals surface area contributed by atoms with E-state index in [0.717, 1.165) is 36.1 Å². The van der Waals surface area contributed by atoms with E-state index in [9.17, 15) is 4.79 Å². The van der Waals surface area contributed by atoms with E-state index in [1.54, 1.807) is 0 Å². The Kier molecular flexibility index (Phi) is 5.34. The molecule has 1 aromatic heterocycles. The zero-order chi connectivity index (χ0) is 20.4. The number of aromatic nitrogens is 2. The molecule has 0 saturated carbocycles. The molecule has 6 nitrogen and oxygen atoms in total. The van der Waals surface area contributed by atoms with Crippen LogP contribution in [0.1, 0.15) is 47.9 Å². The molecule has 1 fully saturated rings. The fraction of sp³-hybridized carbons (Fsp3) is 0.348. The summed E-state index contributed by atoms with van der Waals surface area (Å²) < 4.78 is 5.57. The summed E-state index contributed by atoms with van der Waals surface area (Å²) in [7, 11) is 0. The second kappa shape index (κ2) is 8.07. The van der Waals surface area contributed by atoms with Crippen molar-refractivity contribution in [2.24, 2.45) is 0 Å². The number of hydrogen-bond donors (Lipinski definition) is 1. The Morgan fingerprint density at radius 2 is 1.86 bits per heavy atom. The van der Waals surface area contributed by atoms with Gasteiger partial charge in [0, 0.05) is 17.8 Å². The zero-order valence-corrected chi connectivity index (χ0v) is 17.1. The first kappa shape index (κ1) is 19.2. The standard InChI is InChI=1S/C23H26N4O2/c1-15-7-10-18(11-8-15)21-25-22(29-26-21)20-6-4-5-13-27(20)23(28)24-19-12-9-16(2)17(3)14-19/h7-12,14,20H,4-6,13H2,1-3H3,(H,24,28). The Balaban J connectivity index is 1.53. The molecule has 6 heteroatoms. The van der Waals surface area contributed by atoms with Gasteiger partial charge in [0.05, 0.1) is 0 Å². The summed E-state index contributed by atoms with van der Waals surface area (Å²) >= 11 is 0. The molecule has 1 saturated heterocycles.